The molecule has 0 unspecified atom stereocenters. The Morgan fingerprint density at radius 2 is 1.19 bits per heavy atom. The summed E-state index contributed by atoms with van der Waals surface area (Å²) in [6, 6.07) is -10.7. The van der Waals surface area contributed by atoms with Gasteiger partial charge in [0, 0.05) is 52.8 Å². The van der Waals surface area contributed by atoms with Crippen LogP contribution in [-0.2, 0) is 0 Å². The van der Waals surface area contributed by atoms with Crippen LogP contribution >= 0.6 is 11.3 Å². The van der Waals surface area contributed by atoms with E-state index in [9.17, 15) is 15.1 Å². The van der Waals surface area contributed by atoms with Crippen LogP contribution < -0.4 is 0 Å². The Morgan fingerprint density at radius 1 is 0.474 bits per heavy atom. The second-order valence-corrected chi connectivity index (χ2v) is 13.5. The van der Waals surface area contributed by atoms with Crippen molar-refractivity contribution in [2.45, 2.75) is 0 Å². The number of aromatic nitrogens is 4. The van der Waals surface area contributed by atoms with E-state index < -0.39 is 224 Å². The summed E-state index contributed by atoms with van der Waals surface area (Å²) < 4.78 is 233. The van der Waals surface area contributed by atoms with Crippen LogP contribution in [0.5, 0.6) is 0 Å². The molecular weight excluding hydrogens is 717 g/mol. The lowest BCUT2D eigenvalue weighted by Crippen LogP contribution is -2.06. The van der Waals surface area contributed by atoms with E-state index in [0.29, 0.717) is 0 Å². The molecule has 12 rings (SSSR count). The van der Waals surface area contributed by atoms with Gasteiger partial charge in [-0.15, -0.1) is 11.3 Å². The van der Waals surface area contributed by atoms with Crippen molar-refractivity contribution in [2.24, 2.45) is 0 Å². The molecule has 0 aliphatic carbocycles. The Balaban J connectivity index is 1.29. The quantitative estimate of drug-likeness (QED) is 0.175. The fourth-order valence-corrected chi connectivity index (χ4v) is 7.76. The summed E-state index contributed by atoms with van der Waals surface area (Å²) in [5.74, 6) is -2.28. The smallest absolute Gasteiger partial charge is 0.238 e. The average Bonchev–Trinajstić information content (AvgIpc) is 4.24. The number of rotatable bonds is 5. The molecule has 0 bridgehead atoms. The van der Waals surface area contributed by atoms with Crippen LogP contribution in [0.4, 0.5) is 0 Å². The predicted octanol–water partition coefficient (Wildman–Crippen LogP) is 13.9. The SMILES string of the molecule is [2H]c1c([2H])c([2H])c(-c2c([2H])c([2H])c([2H])c3oc4c([2H])c(-c5nc(-c6c([2H])c([2H])c(-c7ccccc7)c([2H])c6[2H])nc(-n6c7c([2H])c([2H])c([2H])c([2H])c7c7c([2H])c([2H])c8sc9c([2H])c([2H])c([2H])c([2H])c9c8c76)n5)c([2H])c([2H])c4c23)c([2H])c1[2H]. The molecule has 0 aliphatic rings. The summed E-state index contributed by atoms with van der Waals surface area (Å²) in [5, 5.41) is -2.05. The van der Waals surface area contributed by atoms with Gasteiger partial charge in [0.1, 0.15) is 11.2 Å². The van der Waals surface area contributed by atoms with Gasteiger partial charge < -0.3 is 4.42 Å². The first-order chi connectivity index (χ1) is 38.7. The minimum atomic E-state index is -0.930. The molecular formula is C51H30N4OS. The molecule has 6 heteroatoms. The minimum Gasteiger partial charge on any atom is -0.456 e. The molecule has 57 heavy (non-hydrogen) atoms. The summed E-state index contributed by atoms with van der Waals surface area (Å²) in [6.45, 7) is 0. The van der Waals surface area contributed by atoms with Gasteiger partial charge in [-0.2, -0.15) is 9.97 Å². The molecule has 4 heterocycles. The van der Waals surface area contributed by atoms with E-state index in [0.717, 1.165) is 15.9 Å². The second-order valence-electron chi connectivity index (χ2n) is 12.5. The third kappa shape index (κ3) is 5.04. The highest BCUT2D eigenvalue weighted by atomic mass is 32.1. The second kappa shape index (κ2) is 12.6. The van der Waals surface area contributed by atoms with E-state index in [2.05, 4.69) is 15.0 Å². The molecule has 0 fully saturated rings. The van der Waals surface area contributed by atoms with Gasteiger partial charge >= 0.3 is 0 Å². The van der Waals surface area contributed by atoms with E-state index in [-0.39, 0.29) is 42.2 Å². The fourth-order valence-electron chi connectivity index (χ4n) is 6.79. The zero-order valence-electron chi connectivity index (χ0n) is 53.5. The molecule has 4 aromatic heterocycles. The van der Waals surface area contributed by atoms with Crippen LogP contribution in [0.25, 0.3) is 115 Å². The first-order valence-corrected chi connectivity index (χ1v) is 17.8. The number of benzene rings is 8. The van der Waals surface area contributed by atoms with E-state index in [1.807, 2.05) is 0 Å². The van der Waals surface area contributed by atoms with Crippen LogP contribution in [0.3, 0.4) is 0 Å². The highest BCUT2D eigenvalue weighted by Gasteiger charge is 2.22. The number of hydrogen-bond donors (Lipinski definition) is 0. The Hall–Kier alpha value is -7.41. The molecule has 0 atom stereocenters. The maximum absolute atomic E-state index is 9.79. The van der Waals surface area contributed by atoms with Gasteiger partial charge in [0.2, 0.25) is 5.95 Å². The van der Waals surface area contributed by atoms with E-state index >= 15 is 0 Å². The summed E-state index contributed by atoms with van der Waals surface area (Å²) >= 11 is 0.721. The fraction of sp³-hybridized carbons (Fsp3) is 0. The first-order valence-electron chi connectivity index (χ1n) is 29.5. The molecule has 0 radical (unpaired) electrons. The maximum atomic E-state index is 9.79. The van der Waals surface area contributed by atoms with E-state index in [4.69, 9.17) is 23.6 Å². The van der Waals surface area contributed by atoms with Gasteiger partial charge in [0.05, 0.1) is 45.3 Å². The van der Waals surface area contributed by atoms with Crippen molar-refractivity contribution in [2.75, 3.05) is 0 Å². The largest absolute Gasteiger partial charge is 0.456 e. The summed E-state index contributed by atoms with van der Waals surface area (Å²) in [5.41, 5.74) is -4.43. The van der Waals surface area contributed by atoms with E-state index in [1.54, 1.807) is 30.3 Å². The monoisotopic (exact) mass is 771 g/mol. The van der Waals surface area contributed by atoms with Crippen molar-refractivity contribution < 1.29 is 38.7 Å². The number of furan rings is 1. The first kappa shape index (κ1) is 16.0. The van der Waals surface area contributed by atoms with Crippen molar-refractivity contribution in [1.82, 2.24) is 19.5 Å². The van der Waals surface area contributed by atoms with E-state index in [1.165, 1.54) is 0 Å². The Morgan fingerprint density at radius 3 is 2.05 bits per heavy atom. The number of nitrogens with zero attached hydrogens (tertiary/aromatic N) is 4. The molecule has 0 amide bonds. The summed E-state index contributed by atoms with van der Waals surface area (Å²) in [6.07, 6.45) is 0. The summed E-state index contributed by atoms with van der Waals surface area (Å²) in [4.78, 5) is 13.9. The van der Waals surface area contributed by atoms with Crippen molar-refractivity contribution in [3.05, 3.63) is 181 Å². The lowest BCUT2D eigenvalue weighted by Gasteiger charge is -2.12. The molecule has 5 nitrogen and oxygen atoms in total. The zero-order valence-corrected chi connectivity index (χ0v) is 29.3. The normalized spacial score (nSPS) is 18.0. The van der Waals surface area contributed by atoms with Crippen LogP contribution in [-0.4, -0.2) is 19.5 Å². The minimum absolute atomic E-state index is 0.0858. The molecule has 8 aromatic carbocycles. The maximum Gasteiger partial charge on any atom is 0.238 e. The van der Waals surface area contributed by atoms with Gasteiger partial charge in [0.25, 0.3) is 0 Å². The topological polar surface area (TPSA) is 56.7 Å². The van der Waals surface area contributed by atoms with Crippen LogP contribution in [0.1, 0.15) is 34.3 Å². The standard InChI is InChI=1S/C51H30N4OS/c1-3-12-31(13-4-1)32-22-24-34(25-23-32)49-52-50(35-26-27-39-43(30-35)56-42-20-11-18-36(46(39)42)33-14-5-2-6-15-33)54-51(53-49)55-41-19-9-7-16-37(41)38-28-29-45-47(48(38)55)40-17-8-10-21-44(40)57-45/h1-30H/i2D,5D,6D,7D,8D,9D,10D,11D,14D,15D,16D,17D,18D,19D,20D,21D,22D,23D,24D,25D,26D,27D,28D,29D,30D. The molecule has 0 aliphatic heterocycles. The Bertz CT molecular complexity index is 4940. The third-order valence-electron chi connectivity index (χ3n) is 9.25. The lowest BCUT2D eigenvalue weighted by molar-refractivity contribution is 0.669. The van der Waals surface area contributed by atoms with Gasteiger partial charge in [-0.1, -0.05) is 145 Å². The molecule has 0 saturated heterocycles. The van der Waals surface area contributed by atoms with Crippen molar-refractivity contribution in [1.29, 1.82) is 0 Å². The van der Waals surface area contributed by atoms with Crippen molar-refractivity contribution >= 4 is 75.3 Å². The number of para-hydroxylation sites is 1. The number of fused-ring (bicyclic) bond motifs is 10. The molecule has 0 N–H and O–H groups in total. The van der Waals surface area contributed by atoms with Crippen LogP contribution in [0.2, 0.25) is 0 Å². The van der Waals surface area contributed by atoms with Crippen LogP contribution in [0, 0.1) is 0 Å². The predicted molar refractivity (Wildman–Crippen MR) is 236 cm³/mol. The average molecular weight is 772 g/mol. The highest BCUT2D eigenvalue weighted by Crippen LogP contribution is 2.43. The highest BCUT2D eigenvalue weighted by molar-refractivity contribution is 7.26. The number of hydrogen-bond acceptors (Lipinski definition) is 5. The lowest BCUT2D eigenvalue weighted by atomic mass is 9.99. The zero-order chi connectivity index (χ0) is 59.2. The number of thiophene rings is 1. The van der Waals surface area contributed by atoms with Gasteiger partial charge in [-0.25, -0.2) is 4.98 Å². The van der Waals surface area contributed by atoms with Crippen molar-refractivity contribution in [3.8, 4) is 51.0 Å². The third-order valence-corrected chi connectivity index (χ3v) is 10.3. The van der Waals surface area contributed by atoms with Gasteiger partial charge in [0.15, 0.2) is 11.6 Å². The Labute approximate surface area is 365 Å². The molecule has 0 saturated carbocycles. The van der Waals surface area contributed by atoms with Crippen molar-refractivity contribution in [3.63, 3.8) is 0 Å². The van der Waals surface area contributed by atoms with Crippen LogP contribution in [0.15, 0.2) is 186 Å². The van der Waals surface area contributed by atoms with Gasteiger partial charge in [-0.05, 0) is 58.5 Å². The Kier molecular flexibility index (Phi) is 3.52. The molecule has 266 valence electrons. The van der Waals surface area contributed by atoms with Gasteiger partial charge in [-0.3, -0.25) is 4.57 Å². The molecule has 12 aromatic rings. The summed E-state index contributed by atoms with van der Waals surface area (Å²) in [7, 11) is 0. The molecule has 0 spiro atoms.